The van der Waals surface area contributed by atoms with E-state index in [0.717, 1.165) is 30.2 Å². The molecule has 0 bridgehead atoms. The summed E-state index contributed by atoms with van der Waals surface area (Å²) in [5.74, 6) is -0.896. The summed E-state index contributed by atoms with van der Waals surface area (Å²) in [4.78, 5) is 0. The van der Waals surface area contributed by atoms with E-state index in [1.165, 1.54) is 16.8 Å². The molecule has 96 valence electrons. The molecule has 2 rings (SSSR count). The smallest absolute Gasteiger partial charge is 0.151 e. The van der Waals surface area contributed by atoms with Gasteiger partial charge in [0.25, 0.3) is 0 Å². The fourth-order valence-electron chi connectivity index (χ4n) is 1.88. The minimum absolute atomic E-state index is 0.246. The highest BCUT2D eigenvalue weighted by molar-refractivity contribution is 6.17. The summed E-state index contributed by atoms with van der Waals surface area (Å²) in [5.41, 5.74) is 2.00. The summed E-state index contributed by atoms with van der Waals surface area (Å²) >= 11 is 5.83. The van der Waals surface area contributed by atoms with Crippen molar-refractivity contribution in [1.29, 1.82) is 0 Å². The third-order valence-corrected chi connectivity index (χ3v) is 3.01. The molecule has 2 aromatic rings. The van der Waals surface area contributed by atoms with Crippen LogP contribution in [0.1, 0.15) is 24.6 Å². The molecule has 0 aliphatic heterocycles. The van der Waals surface area contributed by atoms with Crippen molar-refractivity contribution >= 4 is 11.6 Å². The summed E-state index contributed by atoms with van der Waals surface area (Å²) in [5, 5.41) is 4.14. The Morgan fingerprint density at radius 3 is 2.72 bits per heavy atom. The molecule has 0 saturated heterocycles. The first-order valence-electron chi connectivity index (χ1n) is 5.74. The zero-order valence-corrected chi connectivity index (χ0v) is 10.7. The van der Waals surface area contributed by atoms with Crippen LogP contribution in [0.4, 0.5) is 8.78 Å². The Hall–Kier alpha value is -1.42. The first-order valence-corrected chi connectivity index (χ1v) is 6.28. The molecular weight excluding hydrogens is 258 g/mol. The topological polar surface area (TPSA) is 17.8 Å². The highest BCUT2D eigenvalue weighted by Crippen LogP contribution is 2.21. The van der Waals surface area contributed by atoms with E-state index in [1.54, 1.807) is 6.20 Å². The summed E-state index contributed by atoms with van der Waals surface area (Å²) in [6.45, 7) is 2.02. The Morgan fingerprint density at radius 1 is 1.33 bits per heavy atom. The predicted octanol–water partition coefficient (Wildman–Crippen LogP) is 3.84. The molecule has 0 N–H and O–H groups in total. The van der Waals surface area contributed by atoms with Gasteiger partial charge in [-0.3, -0.25) is 0 Å². The van der Waals surface area contributed by atoms with Gasteiger partial charge in [-0.2, -0.15) is 5.10 Å². The molecule has 2 nitrogen and oxygen atoms in total. The lowest BCUT2D eigenvalue weighted by Gasteiger charge is -2.09. The first kappa shape index (κ1) is 13.0. The summed E-state index contributed by atoms with van der Waals surface area (Å²) in [6, 6.07) is 3.46. The molecule has 18 heavy (non-hydrogen) atoms. The molecule has 0 fully saturated rings. The third kappa shape index (κ3) is 2.38. The molecule has 0 unspecified atom stereocenters. The maximum absolute atomic E-state index is 13.7. The van der Waals surface area contributed by atoms with Crippen LogP contribution < -0.4 is 0 Å². The number of rotatable bonds is 4. The Morgan fingerprint density at radius 2 is 2.11 bits per heavy atom. The number of alkyl halides is 1. The molecule has 1 aromatic carbocycles. The van der Waals surface area contributed by atoms with Crippen molar-refractivity contribution in [2.75, 3.05) is 0 Å². The van der Waals surface area contributed by atoms with E-state index in [0.29, 0.717) is 5.88 Å². The molecule has 0 aliphatic carbocycles. The molecule has 0 saturated carbocycles. The number of hydrogen-bond acceptors (Lipinski definition) is 1. The van der Waals surface area contributed by atoms with Crippen LogP contribution in [0, 0.1) is 11.6 Å². The highest BCUT2D eigenvalue weighted by Gasteiger charge is 2.14. The van der Waals surface area contributed by atoms with Gasteiger partial charge in [0.2, 0.25) is 0 Å². The summed E-state index contributed by atoms with van der Waals surface area (Å²) in [7, 11) is 0. The number of hydrogen-bond donors (Lipinski definition) is 0. The third-order valence-electron chi connectivity index (χ3n) is 2.72. The number of benzene rings is 1. The maximum Gasteiger partial charge on any atom is 0.151 e. The van der Waals surface area contributed by atoms with Crippen molar-refractivity contribution in [2.24, 2.45) is 0 Å². The molecule has 0 spiro atoms. The van der Waals surface area contributed by atoms with Crippen molar-refractivity contribution in [2.45, 2.75) is 25.6 Å². The fraction of sp³-hybridized carbons (Fsp3) is 0.308. The molecule has 0 aliphatic rings. The zero-order valence-electron chi connectivity index (χ0n) is 9.96. The second kappa shape index (κ2) is 5.48. The fourth-order valence-corrected chi connectivity index (χ4v) is 2.11. The van der Waals surface area contributed by atoms with E-state index in [-0.39, 0.29) is 5.69 Å². The minimum Gasteiger partial charge on any atom is -0.235 e. The van der Waals surface area contributed by atoms with E-state index in [1.807, 2.05) is 6.92 Å². The largest absolute Gasteiger partial charge is 0.235 e. The van der Waals surface area contributed by atoms with Crippen LogP contribution in [0.2, 0.25) is 0 Å². The van der Waals surface area contributed by atoms with E-state index in [4.69, 9.17) is 11.6 Å². The summed E-state index contributed by atoms with van der Waals surface area (Å²) in [6.07, 6.45) is 3.28. The van der Waals surface area contributed by atoms with E-state index in [9.17, 15) is 8.78 Å². The average Bonchev–Trinajstić information content (AvgIpc) is 2.73. The van der Waals surface area contributed by atoms with Gasteiger partial charge in [-0.25, -0.2) is 13.5 Å². The molecule has 0 radical (unpaired) electrons. The normalized spacial score (nSPS) is 10.9. The number of aromatic nitrogens is 2. The monoisotopic (exact) mass is 270 g/mol. The van der Waals surface area contributed by atoms with Crippen LogP contribution >= 0.6 is 11.6 Å². The van der Waals surface area contributed by atoms with Crippen molar-refractivity contribution < 1.29 is 8.78 Å². The van der Waals surface area contributed by atoms with Gasteiger partial charge in [-0.05, 0) is 18.6 Å². The molecule has 1 aromatic heterocycles. The summed E-state index contributed by atoms with van der Waals surface area (Å²) < 4.78 is 28.1. The van der Waals surface area contributed by atoms with E-state index >= 15 is 0 Å². The van der Waals surface area contributed by atoms with Gasteiger partial charge in [0, 0.05) is 17.3 Å². The van der Waals surface area contributed by atoms with Crippen molar-refractivity contribution in [3.8, 4) is 5.69 Å². The van der Waals surface area contributed by atoms with Crippen molar-refractivity contribution in [3.05, 3.63) is 47.3 Å². The molecule has 1 heterocycles. The van der Waals surface area contributed by atoms with Gasteiger partial charge >= 0.3 is 0 Å². The van der Waals surface area contributed by atoms with Crippen LogP contribution in [0.15, 0.2) is 24.4 Å². The average molecular weight is 271 g/mol. The molecule has 0 atom stereocenters. The predicted molar refractivity (Wildman–Crippen MR) is 67.0 cm³/mol. The van der Waals surface area contributed by atoms with Crippen LogP contribution in [-0.4, -0.2) is 9.78 Å². The Kier molecular flexibility index (Phi) is 3.97. The van der Waals surface area contributed by atoms with Crippen LogP contribution in [-0.2, 0) is 12.3 Å². The molecule has 5 heteroatoms. The van der Waals surface area contributed by atoms with E-state index < -0.39 is 11.6 Å². The lowest BCUT2D eigenvalue weighted by molar-refractivity contribution is 0.571. The van der Waals surface area contributed by atoms with E-state index in [2.05, 4.69) is 5.10 Å². The van der Waals surface area contributed by atoms with Gasteiger partial charge in [-0.1, -0.05) is 13.3 Å². The lowest BCUT2D eigenvalue weighted by Crippen LogP contribution is -2.06. The Labute approximate surface area is 109 Å². The SMILES string of the molecule is CCCc1c(CCl)cnn1-c1ccc(F)cc1F. The highest BCUT2D eigenvalue weighted by atomic mass is 35.5. The van der Waals surface area contributed by atoms with Gasteiger partial charge in [0.05, 0.1) is 12.1 Å². The van der Waals surface area contributed by atoms with Gasteiger partial charge in [0.1, 0.15) is 11.5 Å². The first-order chi connectivity index (χ1) is 8.67. The Bertz CT molecular complexity index is 552. The van der Waals surface area contributed by atoms with Gasteiger partial charge in [0.15, 0.2) is 5.82 Å². The minimum atomic E-state index is -0.628. The Balaban J connectivity index is 2.52. The quantitative estimate of drug-likeness (QED) is 0.772. The molecular formula is C13H13ClF2N2. The second-order valence-corrected chi connectivity index (χ2v) is 4.27. The number of nitrogens with zero attached hydrogens (tertiary/aromatic N) is 2. The lowest BCUT2D eigenvalue weighted by atomic mass is 10.1. The number of halogens is 3. The maximum atomic E-state index is 13.7. The van der Waals surface area contributed by atoms with Crippen molar-refractivity contribution in [1.82, 2.24) is 9.78 Å². The van der Waals surface area contributed by atoms with Gasteiger partial charge < -0.3 is 0 Å². The van der Waals surface area contributed by atoms with Crippen LogP contribution in [0.5, 0.6) is 0 Å². The second-order valence-electron chi connectivity index (χ2n) is 4.01. The molecule has 0 amide bonds. The zero-order chi connectivity index (χ0) is 13.1. The standard InChI is InChI=1S/C13H13ClF2N2/c1-2-3-12-9(7-14)8-17-18(12)13-5-4-10(15)6-11(13)16/h4-6,8H,2-3,7H2,1H3. The van der Waals surface area contributed by atoms with Crippen LogP contribution in [0.3, 0.4) is 0 Å². The van der Waals surface area contributed by atoms with Crippen molar-refractivity contribution in [3.63, 3.8) is 0 Å². The van der Waals surface area contributed by atoms with Gasteiger partial charge in [-0.15, -0.1) is 11.6 Å². The van der Waals surface area contributed by atoms with Crippen LogP contribution in [0.25, 0.3) is 5.69 Å².